The highest BCUT2D eigenvalue weighted by atomic mass is 15.1. The van der Waals surface area contributed by atoms with Gasteiger partial charge >= 0.3 is 0 Å². The summed E-state index contributed by atoms with van der Waals surface area (Å²) in [6.07, 6.45) is 0. The minimum Gasteiger partial charge on any atom is -0.309 e. The number of benzene rings is 12. The van der Waals surface area contributed by atoms with Crippen molar-refractivity contribution in [2.24, 2.45) is 0 Å². The van der Waals surface area contributed by atoms with Gasteiger partial charge in [0.05, 0.1) is 33.1 Å². The van der Waals surface area contributed by atoms with E-state index in [4.69, 9.17) is 9.97 Å². The summed E-state index contributed by atoms with van der Waals surface area (Å²) in [7, 11) is 0. The molecule has 0 N–H and O–H groups in total. The number of hydrogen-bond donors (Lipinski definition) is 0. The number of para-hydroxylation sites is 5. The third kappa shape index (κ3) is 5.79. The van der Waals surface area contributed by atoms with Gasteiger partial charge in [0.25, 0.3) is 0 Å². The first-order valence-corrected chi connectivity index (χ1v) is 25.0. The molecule has 0 saturated heterocycles. The average Bonchev–Trinajstić information content (AvgIpc) is 4.11. The molecule has 0 unspecified atom stereocenters. The van der Waals surface area contributed by atoms with Crippen molar-refractivity contribution in [3.63, 3.8) is 0 Å². The van der Waals surface area contributed by atoms with Gasteiger partial charge in [0, 0.05) is 55.0 Å². The first-order valence-electron chi connectivity index (χ1n) is 25.0. The molecule has 0 aliphatic heterocycles. The van der Waals surface area contributed by atoms with E-state index in [0.717, 1.165) is 56.1 Å². The van der Waals surface area contributed by atoms with Gasteiger partial charge in [-0.05, 0) is 103 Å². The molecule has 0 spiro atoms. The van der Waals surface area contributed by atoms with Crippen molar-refractivity contribution in [2.45, 2.75) is 0 Å². The van der Waals surface area contributed by atoms with E-state index < -0.39 is 0 Å². The minimum atomic E-state index is 0.659. The summed E-state index contributed by atoms with van der Waals surface area (Å²) in [6.45, 7) is 0. The van der Waals surface area contributed by atoms with Gasteiger partial charge in [-0.2, -0.15) is 0 Å². The first kappa shape index (κ1) is 39.9. The number of fused-ring (bicyclic) bond motifs is 18. The lowest BCUT2D eigenvalue weighted by Gasteiger charge is -2.15. The lowest BCUT2D eigenvalue weighted by molar-refractivity contribution is 0.994. The normalized spacial score (nSPS) is 12.1. The maximum atomic E-state index is 5.44. The zero-order valence-electron chi connectivity index (χ0n) is 39.4. The largest absolute Gasteiger partial charge is 0.309 e. The van der Waals surface area contributed by atoms with Crippen molar-refractivity contribution < 1.29 is 0 Å². The summed E-state index contributed by atoms with van der Waals surface area (Å²) in [4.78, 5) is 10.9. The van der Waals surface area contributed by atoms with E-state index in [1.807, 2.05) is 0 Å². The van der Waals surface area contributed by atoms with E-state index in [0.29, 0.717) is 5.82 Å². The van der Waals surface area contributed by atoms with Crippen molar-refractivity contribution in [2.75, 3.05) is 0 Å². The molecule has 12 aromatic carbocycles. The van der Waals surface area contributed by atoms with E-state index in [9.17, 15) is 0 Å². The van der Waals surface area contributed by atoms with Gasteiger partial charge in [-0.15, -0.1) is 0 Å². The van der Waals surface area contributed by atoms with Crippen LogP contribution in [-0.2, 0) is 0 Å². The van der Waals surface area contributed by atoms with E-state index in [-0.39, 0.29) is 0 Å². The highest BCUT2D eigenvalue weighted by Crippen LogP contribution is 2.46. The summed E-state index contributed by atoms with van der Waals surface area (Å²) in [6, 6.07) is 90.3. The summed E-state index contributed by atoms with van der Waals surface area (Å²) in [5.74, 6) is 2.28. The second-order valence-electron chi connectivity index (χ2n) is 19.3. The molecule has 73 heavy (non-hydrogen) atoms. The molecule has 338 valence electrons. The van der Waals surface area contributed by atoms with Crippen LogP contribution >= 0.6 is 0 Å². The van der Waals surface area contributed by atoms with E-state index in [1.54, 1.807) is 0 Å². The van der Waals surface area contributed by atoms with Crippen LogP contribution in [0.25, 0.3) is 148 Å². The molecule has 4 aromatic heterocycles. The Labute approximate surface area is 418 Å². The van der Waals surface area contributed by atoms with Crippen LogP contribution in [0.3, 0.4) is 0 Å². The van der Waals surface area contributed by atoms with E-state index >= 15 is 0 Å². The maximum Gasteiger partial charge on any atom is 0.163 e. The van der Waals surface area contributed by atoms with Gasteiger partial charge in [0.1, 0.15) is 11.6 Å². The van der Waals surface area contributed by atoms with Gasteiger partial charge in [-0.1, -0.05) is 188 Å². The number of hydrogen-bond acceptors (Lipinski definition) is 2. The maximum absolute atomic E-state index is 5.44. The quantitative estimate of drug-likeness (QED) is 0.161. The zero-order valence-corrected chi connectivity index (χ0v) is 39.4. The lowest BCUT2D eigenvalue weighted by Crippen LogP contribution is -2.06. The summed E-state index contributed by atoms with van der Waals surface area (Å²) in [5, 5.41) is 17.4. The lowest BCUT2D eigenvalue weighted by atomic mass is 9.89. The fraction of sp³-hybridized carbons (Fsp3) is 0. The van der Waals surface area contributed by atoms with Gasteiger partial charge < -0.3 is 4.57 Å². The highest BCUT2D eigenvalue weighted by molar-refractivity contribution is 6.38. The Kier molecular flexibility index (Phi) is 8.39. The summed E-state index contributed by atoms with van der Waals surface area (Å²) < 4.78 is 7.03. The Bertz CT molecular complexity index is 4700. The standard InChI is InChI=1S/C68H41N5/c1-2-17-46(18-3-1)71-61-38-35-43-16-4-5-19-47(43)66(61)67-62(71)39-37-55-49-36-34-45(40-56(49)48-20-6-7-25-54(48)65(55)67)42-30-32-44(33-31-42)68-69-63(72-57-26-12-8-21-50(57)51-22-9-13-27-58(51)72)41-64(70-68)73-59-28-14-10-23-52(59)53-24-11-15-29-60(53)73/h1-41H. The van der Waals surface area contributed by atoms with Crippen LogP contribution in [0.2, 0.25) is 0 Å². The van der Waals surface area contributed by atoms with Gasteiger partial charge in [-0.3, -0.25) is 9.13 Å². The van der Waals surface area contributed by atoms with Crippen molar-refractivity contribution >= 4 is 109 Å². The van der Waals surface area contributed by atoms with Gasteiger partial charge in [0.2, 0.25) is 0 Å². The molecule has 0 saturated carbocycles. The Morgan fingerprint density at radius 1 is 0.233 bits per heavy atom. The SMILES string of the molecule is c1ccc(-n2c3ccc4ccccc4c3c3c4c5ccccc5c5cc(-c6ccc(-c7nc(-n8c9ccccc9c9ccccc98)cc(-n8c9ccccc9c9ccccc98)n7)cc6)ccc5c4ccc32)cc1. The van der Waals surface area contributed by atoms with E-state index in [1.165, 1.54) is 86.4 Å². The molecule has 5 nitrogen and oxygen atoms in total. The predicted molar refractivity (Wildman–Crippen MR) is 306 cm³/mol. The van der Waals surface area contributed by atoms with Crippen LogP contribution in [0.1, 0.15) is 0 Å². The predicted octanol–water partition coefficient (Wildman–Crippen LogP) is 17.7. The molecule has 0 radical (unpaired) electrons. The molecule has 16 aromatic rings. The van der Waals surface area contributed by atoms with Gasteiger partial charge in [0.15, 0.2) is 5.82 Å². The molecule has 16 rings (SSSR count). The van der Waals surface area contributed by atoms with E-state index in [2.05, 4.69) is 262 Å². The fourth-order valence-corrected chi connectivity index (χ4v) is 12.3. The Balaban J connectivity index is 0.882. The molecule has 0 atom stereocenters. The summed E-state index contributed by atoms with van der Waals surface area (Å²) in [5.41, 5.74) is 11.2. The smallest absolute Gasteiger partial charge is 0.163 e. The number of aromatic nitrogens is 5. The van der Waals surface area contributed by atoms with Crippen LogP contribution in [-0.4, -0.2) is 23.7 Å². The molecule has 0 aliphatic rings. The van der Waals surface area contributed by atoms with Crippen molar-refractivity contribution in [3.05, 3.63) is 249 Å². The second kappa shape index (κ2) is 15.3. The molecule has 4 heterocycles. The third-order valence-electron chi connectivity index (χ3n) is 15.4. The molecule has 0 fully saturated rings. The molecule has 0 amide bonds. The van der Waals surface area contributed by atoms with Gasteiger partial charge in [-0.25, -0.2) is 9.97 Å². The monoisotopic (exact) mass is 927 g/mol. The number of nitrogens with zero attached hydrogens (tertiary/aromatic N) is 5. The van der Waals surface area contributed by atoms with Crippen LogP contribution in [0, 0.1) is 0 Å². The molecular formula is C68H41N5. The Hall–Kier alpha value is -9.84. The highest BCUT2D eigenvalue weighted by Gasteiger charge is 2.22. The Morgan fingerprint density at radius 3 is 1.29 bits per heavy atom. The third-order valence-corrected chi connectivity index (χ3v) is 15.4. The summed E-state index contributed by atoms with van der Waals surface area (Å²) >= 11 is 0. The number of rotatable bonds is 5. The van der Waals surface area contributed by atoms with Crippen LogP contribution in [0.4, 0.5) is 0 Å². The Morgan fingerprint density at radius 2 is 0.671 bits per heavy atom. The first-order chi connectivity index (χ1) is 36.2. The topological polar surface area (TPSA) is 40.6 Å². The molecule has 5 heteroatoms. The van der Waals surface area contributed by atoms with Crippen LogP contribution in [0.5, 0.6) is 0 Å². The second-order valence-corrected chi connectivity index (χ2v) is 19.3. The van der Waals surface area contributed by atoms with Crippen molar-refractivity contribution in [3.8, 4) is 39.8 Å². The minimum absolute atomic E-state index is 0.659. The average molecular weight is 928 g/mol. The fourth-order valence-electron chi connectivity index (χ4n) is 12.3. The van der Waals surface area contributed by atoms with Crippen LogP contribution in [0.15, 0.2) is 249 Å². The van der Waals surface area contributed by atoms with Crippen molar-refractivity contribution in [1.82, 2.24) is 23.7 Å². The molecule has 0 bridgehead atoms. The zero-order chi connectivity index (χ0) is 47.7. The molecule has 0 aliphatic carbocycles. The van der Waals surface area contributed by atoms with Crippen molar-refractivity contribution in [1.29, 1.82) is 0 Å². The molecular weight excluding hydrogens is 887 g/mol. The van der Waals surface area contributed by atoms with Crippen LogP contribution < -0.4 is 0 Å².